The molecule has 2 aromatic heterocycles. The molecule has 0 aliphatic heterocycles. The van der Waals surface area contributed by atoms with Gasteiger partial charge in [0.2, 0.25) is 0 Å². The lowest BCUT2D eigenvalue weighted by Gasteiger charge is -2.13. The molecule has 2 heterocycles. The molecule has 3 aromatic rings. The Balaban J connectivity index is 1.98. The molecule has 0 aliphatic rings. The van der Waals surface area contributed by atoms with Crippen molar-refractivity contribution in [1.29, 1.82) is 0 Å². The summed E-state index contributed by atoms with van der Waals surface area (Å²) in [7, 11) is 0. The van der Waals surface area contributed by atoms with Crippen molar-refractivity contribution >= 4 is 27.9 Å². The number of aromatic hydroxyl groups is 1. The van der Waals surface area contributed by atoms with Gasteiger partial charge in [-0.3, -0.25) is 0 Å². The smallest absolute Gasteiger partial charge is 0.134 e. The molecule has 96 valence electrons. The van der Waals surface area contributed by atoms with Crippen LogP contribution >= 0.6 is 11.3 Å². The Morgan fingerprint density at radius 3 is 2.89 bits per heavy atom. The molecule has 0 radical (unpaired) electrons. The van der Waals surface area contributed by atoms with Gasteiger partial charge >= 0.3 is 0 Å². The maximum Gasteiger partial charge on any atom is 0.134 e. The van der Waals surface area contributed by atoms with Crippen LogP contribution in [0.1, 0.15) is 18.0 Å². The molecule has 0 spiro atoms. The van der Waals surface area contributed by atoms with Crippen molar-refractivity contribution in [2.24, 2.45) is 0 Å². The lowest BCUT2D eigenvalue weighted by atomic mass is 10.1. The first-order chi connectivity index (χ1) is 9.24. The number of phenols is 1. The normalized spacial score (nSPS) is 12.5. The van der Waals surface area contributed by atoms with E-state index in [2.05, 4.69) is 15.3 Å². The summed E-state index contributed by atoms with van der Waals surface area (Å²) < 4.78 is 0. The molecule has 1 atom stereocenters. The van der Waals surface area contributed by atoms with Crippen LogP contribution < -0.4 is 5.32 Å². The zero-order valence-corrected chi connectivity index (χ0v) is 11.2. The number of phenolic OH excluding ortho intramolecular Hbond substituents is 1. The van der Waals surface area contributed by atoms with Gasteiger partial charge in [0.15, 0.2) is 0 Å². The number of nitrogens with one attached hydrogen (secondary N) is 1. The minimum atomic E-state index is 0.0837. The predicted molar refractivity (Wildman–Crippen MR) is 77.6 cm³/mol. The van der Waals surface area contributed by atoms with Crippen LogP contribution in [0.2, 0.25) is 0 Å². The second-order valence-corrected chi connectivity index (χ2v) is 5.23. The molecule has 0 bridgehead atoms. The fourth-order valence-corrected chi connectivity index (χ4v) is 2.63. The fraction of sp³-hybridized carbons (Fsp3) is 0.143. The Morgan fingerprint density at radius 2 is 2.11 bits per heavy atom. The van der Waals surface area contributed by atoms with E-state index in [1.54, 1.807) is 35.9 Å². The highest BCUT2D eigenvalue weighted by atomic mass is 32.1. The van der Waals surface area contributed by atoms with Crippen molar-refractivity contribution < 1.29 is 5.11 Å². The van der Waals surface area contributed by atoms with Crippen LogP contribution in [-0.2, 0) is 0 Å². The van der Waals surface area contributed by atoms with Gasteiger partial charge in [0.1, 0.15) is 16.6 Å². The molecule has 1 unspecified atom stereocenters. The van der Waals surface area contributed by atoms with Crippen LogP contribution in [0, 0.1) is 0 Å². The zero-order valence-electron chi connectivity index (χ0n) is 10.4. The number of thiazole rings is 1. The Morgan fingerprint density at radius 1 is 1.21 bits per heavy atom. The van der Waals surface area contributed by atoms with Gasteiger partial charge in [0, 0.05) is 23.2 Å². The van der Waals surface area contributed by atoms with Gasteiger partial charge in [-0.05, 0) is 30.5 Å². The SMILES string of the molecule is CC(Nc1nccc2ccc(O)cc12)c1nccs1. The second kappa shape index (κ2) is 4.85. The molecule has 0 saturated carbocycles. The largest absolute Gasteiger partial charge is 0.508 e. The number of rotatable bonds is 3. The molecule has 1 aromatic carbocycles. The molecular formula is C14H13N3OS. The molecule has 0 saturated heterocycles. The van der Waals surface area contributed by atoms with E-state index in [0.717, 1.165) is 21.6 Å². The van der Waals surface area contributed by atoms with E-state index in [9.17, 15) is 5.11 Å². The van der Waals surface area contributed by atoms with Crippen LogP contribution in [0.4, 0.5) is 5.82 Å². The summed E-state index contributed by atoms with van der Waals surface area (Å²) in [5, 5.41) is 17.9. The number of anilines is 1. The van der Waals surface area contributed by atoms with Crippen LogP contribution in [0.5, 0.6) is 5.75 Å². The van der Waals surface area contributed by atoms with Gasteiger partial charge in [0.05, 0.1) is 6.04 Å². The summed E-state index contributed by atoms with van der Waals surface area (Å²) in [4.78, 5) is 8.64. The lowest BCUT2D eigenvalue weighted by Crippen LogP contribution is -2.07. The van der Waals surface area contributed by atoms with Gasteiger partial charge in [-0.1, -0.05) is 6.07 Å². The average Bonchev–Trinajstić information content (AvgIpc) is 2.93. The van der Waals surface area contributed by atoms with Gasteiger partial charge in [0.25, 0.3) is 0 Å². The minimum Gasteiger partial charge on any atom is -0.508 e. The summed E-state index contributed by atoms with van der Waals surface area (Å²) in [5.41, 5.74) is 0. The Kier molecular flexibility index (Phi) is 3.05. The first kappa shape index (κ1) is 11.9. The monoisotopic (exact) mass is 271 g/mol. The van der Waals surface area contributed by atoms with Crippen molar-refractivity contribution in [3.05, 3.63) is 47.0 Å². The van der Waals surface area contributed by atoms with Gasteiger partial charge in [-0.2, -0.15) is 0 Å². The van der Waals surface area contributed by atoms with Crippen molar-refractivity contribution in [2.75, 3.05) is 5.32 Å². The first-order valence-corrected chi connectivity index (χ1v) is 6.85. The number of aromatic nitrogens is 2. The third-order valence-corrected chi connectivity index (χ3v) is 3.88. The molecular weight excluding hydrogens is 258 g/mol. The zero-order chi connectivity index (χ0) is 13.2. The summed E-state index contributed by atoms with van der Waals surface area (Å²) in [6.45, 7) is 2.04. The van der Waals surface area contributed by atoms with Crippen molar-refractivity contribution in [3.63, 3.8) is 0 Å². The van der Waals surface area contributed by atoms with Crippen LogP contribution in [-0.4, -0.2) is 15.1 Å². The molecule has 0 aliphatic carbocycles. The molecule has 0 fully saturated rings. The summed E-state index contributed by atoms with van der Waals surface area (Å²) in [6.07, 6.45) is 3.55. The predicted octanol–water partition coefficient (Wildman–Crippen LogP) is 3.57. The molecule has 19 heavy (non-hydrogen) atoms. The van der Waals surface area contributed by atoms with E-state index < -0.39 is 0 Å². The molecule has 4 nitrogen and oxygen atoms in total. The Hall–Kier alpha value is -2.14. The maximum atomic E-state index is 9.61. The number of benzene rings is 1. The van der Waals surface area contributed by atoms with E-state index >= 15 is 0 Å². The summed E-state index contributed by atoms with van der Waals surface area (Å²) in [5.74, 6) is 1.00. The summed E-state index contributed by atoms with van der Waals surface area (Å²) in [6, 6.07) is 7.29. The Bertz CT molecular complexity index is 697. The molecule has 3 rings (SSSR count). The standard InChI is InChI=1S/C14H13N3OS/c1-9(14-16-6-7-19-14)17-13-12-8-11(18)3-2-10(12)4-5-15-13/h2-9,18H,1H3,(H,15,17). The van der Waals surface area contributed by atoms with Crippen molar-refractivity contribution in [2.45, 2.75) is 13.0 Å². The van der Waals surface area contributed by atoms with E-state index in [-0.39, 0.29) is 11.8 Å². The Labute approximate surface area is 114 Å². The quantitative estimate of drug-likeness (QED) is 0.764. The number of fused-ring (bicyclic) bond motifs is 1. The van der Waals surface area contributed by atoms with Crippen molar-refractivity contribution in [3.8, 4) is 5.75 Å². The third kappa shape index (κ3) is 2.37. The summed E-state index contributed by atoms with van der Waals surface area (Å²) >= 11 is 1.61. The maximum absolute atomic E-state index is 9.61. The number of nitrogens with zero attached hydrogens (tertiary/aromatic N) is 2. The number of pyridine rings is 1. The van der Waals surface area contributed by atoms with Gasteiger partial charge < -0.3 is 10.4 Å². The van der Waals surface area contributed by atoms with E-state index in [0.29, 0.717) is 0 Å². The second-order valence-electron chi connectivity index (χ2n) is 4.30. The topological polar surface area (TPSA) is 58.0 Å². The van der Waals surface area contributed by atoms with E-state index in [4.69, 9.17) is 0 Å². The fourth-order valence-electron chi connectivity index (χ4n) is 1.99. The van der Waals surface area contributed by atoms with Crippen LogP contribution in [0.15, 0.2) is 42.0 Å². The van der Waals surface area contributed by atoms with Crippen LogP contribution in [0.25, 0.3) is 10.8 Å². The highest BCUT2D eigenvalue weighted by Crippen LogP contribution is 2.28. The van der Waals surface area contributed by atoms with Crippen molar-refractivity contribution in [1.82, 2.24) is 9.97 Å². The number of hydrogen-bond donors (Lipinski definition) is 2. The van der Waals surface area contributed by atoms with Gasteiger partial charge in [-0.15, -0.1) is 11.3 Å². The van der Waals surface area contributed by atoms with E-state index in [1.165, 1.54) is 0 Å². The lowest BCUT2D eigenvalue weighted by molar-refractivity contribution is 0.476. The highest BCUT2D eigenvalue weighted by molar-refractivity contribution is 7.09. The third-order valence-electron chi connectivity index (χ3n) is 2.92. The first-order valence-electron chi connectivity index (χ1n) is 5.98. The number of hydrogen-bond acceptors (Lipinski definition) is 5. The molecule has 0 amide bonds. The van der Waals surface area contributed by atoms with Crippen LogP contribution in [0.3, 0.4) is 0 Å². The van der Waals surface area contributed by atoms with E-state index in [1.807, 2.05) is 24.4 Å². The van der Waals surface area contributed by atoms with Gasteiger partial charge in [-0.25, -0.2) is 9.97 Å². The molecule has 5 heteroatoms. The highest BCUT2D eigenvalue weighted by Gasteiger charge is 2.10. The minimum absolute atomic E-state index is 0.0837. The molecule has 2 N–H and O–H groups in total. The average molecular weight is 271 g/mol.